The maximum atomic E-state index is 11.0. The number of rotatable bonds is 1. The van der Waals surface area contributed by atoms with Crippen molar-refractivity contribution in [2.75, 3.05) is 0 Å². The van der Waals surface area contributed by atoms with E-state index in [1.165, 1.54) is 5.56 Å². The summed E-state index contributed by atoms with van der Waals surface area (Å²) in [4.78, 5) is 11.0. The lowest BCUT2D eigenvalue weighted by Gasteiger charge is -2.12. The van der Waals surface area contributed by atoms with Crippen molar-refractivity contribution in [3.8, 4) is 0 Å². The minimum Gasteiger partial charge on any atom is -0.294 e. The van der Waals surface area contributed by atoms with Gasteiger partial charge in [-0.05, 0) is 18.6 Å². The van der Waals surface area contributed by atoms with Gasteiger partial charge in [0.25, 0.3) is 0 Å². The Morgan fingerprint density at radius 1 is 1.25 bits per heavy atom. The van der Waals surface area contributed by atoms with E-state index in [1.807, 2.05) is 31.2 Å². The van der Waals surface area contributed by atoms with E-state index in [1.54, 1.807) is 0 Å². The van der Waals surface area contributed by atoms with Crippen LogP contribution >= 0.6 is 0 Å². The topological polar surface area (TPSA) is 17.1 Å². The molecule has 0 aromatic heterocycles. The molecule has 12 heavy (non-hydrogen) atoms. The van der Waals surface area contributed by atoms with Crippen molar-refractivity contribution in [1.29, 1.82) is 0 Å². The molecule has 1 aliphatic carbocycles. The molecule has 1 aromatic carbocycles. The number of carbonyl (C=O) groups excluding carboxylic acids is 1. The molecule has 0 bridgehead atoms. The fourth-order valence-electron chi connectivity index (χ4n) is 1.23. The van der Waals surface area contributed by atoms with E-state index in [0.717, 1.165) is 11.1 Å². The van der Waals surface area contributed by atoms with Crippen LogP contribution in [-0.4, -0.2) is 5.78 Å². The number of hydrogen-bond donors (Lipinski definition) is 0. The van der Waals surface area contributed by atoms with Crippen LogP contribution in [0.25, 0.3) is 5.57 Å². The Bertz CT molecular complexity index is 344. The van der Waals surface area contributed by atoms with Crippen molar-refractivity contribution >= 4 is 11.4 Å². The van der Waals surface area contributed by atoms with Gasteiger partial charge in [0.15, 0.2) is 5.78 Å². The van der Waals surface area contributed by atoms with Crippen LogP contribution in [0.15, 0.2) is 24.3 Å². The molecule has 0 atom stereocenters. The van der Waals surface area contributed by atoms with Gasteiger partial charge >= 0.3 is 0 Å². The Kier molecular flexibility index (Phi) is 1.58. The van der Waals surface area contributed by atoms with Gasteiger partial charge in [0.2, 0.25) is 0 Å². The third-order valence-corrected chi connectivity index (χ3v) is 2.04. The zero-order chi connectivity index (χ0) is 8.55. The first kappa shape index (κ1) is 7.29. The first-order valence-corrected chi connectivity index (χ1v) is 3.98. The van der Waals surface area contributed by atoms with Gasteiger partial charge in [-0.3, -0.25) is 4.79 Å². The van der Waals surface area contributed by atoms with Gasteiger partial charge in [-0.25, -0.2) is 0 Å². The van der Waals surface area contributed by atoms with Crippen LogP contribution in [0, 0.1) is 13.0 Å². The number of aryl methyl sites for hydroxylation is 1. The fraction of sp³-hybridized carbons (Fsp3) is 0.182. The number of hydrogen-bond acceptors (Lipinski definition) is 1. The molecule has 0 fully saturated rings. The highest BCUT2D eigenvalue weighted by Gasteiger charge is 2.18. The summed E-state index contributed by atoms with van der Waals surface area (Å²) in [6.45, 7) is 2.03. The van der Waals surface area contributed by atoms with Crippen LogP contribution in [-0.2, 0) is 4.79 Å². The molecule has 0 aliphatic heterocycles. The van der Waals surface area contributed by atoms with Crippen LogP contribution < -0.4 is 0 Å². The predicted octanol–water partition coefficient (Wildman–Crippen LogP) is 2.15. The molecule has 0 unspecified atom stereocenters. The molecule has 0 amide bonds. The molecule has 1 heteroatoms. The largest absolute Gasteiger partial charge is 0.294 e. The molecule has 0 saturated heterocycles. The fourth-order valence-corrected chi connectivity index (χ4v) is 1.23. The Balaban J connectivity index is 2.36. The first-order valence-electron chi connectivity index (χ1n) is 3.98. The molecular weight excluding hydrogens is 148 g/mol. The Labute approximate surface area is 71.7 Å². The number of ketones is 1. The zero-order valence-corrected chi connectivity index (χ0v) is 6.92. The van der Waals surface area contributed by atoms with E-state index in [4.69, 9.17) is 0 Å². The third kappa shape index (κ3) is 1.07. The minimum atomic E-state index is 0.207. The normalized spacial score (nSPS) is 15.4. The smallest absolute Gasteiger partial charge is 0.168 e. The molecule has 0 heterocycles. The van der Waals surface area contributed by atoms with Crippen molar-refractivity contribution < 1.29 is 4.79 Å². The van der Waals surface area contributed by atoms with Crippen LogP contribution in [0.1, 0.15) is 17.5 Å². The van der Waals surface area contributed by atoms with E-state index in [9.17, 15) is 4.79 Å². The zero-order valence-electron chi connectivity index (χ0n) is 6.92. The lowest BCUT2D eigenvalue weighted by Crippen LogP contribution is -2.09. The molecule has 0 saturated carbocycles. The van der Waals surface area contributed by atoms with Gasteiger partial charge < -0.3 is 0 Å². The van der Waals surface area contributed by atoms with Gasteiger partial charge in [-0.15, -0.1) is 0 Å². The molecule has 1 radical (unpaired) electrons. The summed E-state index contributed by atoms with van der Waals surface area (Å²) in [6.07, 6.45) is 3.49. The first-order chi connectivity index (χ1) is 5.77. The van der Waals surface area contributed by atoms with Gasteiger partial charge in [0.05, 0.1) is 0 Å². The lowest BCUT2D eigenvalue weighted by molar-refractivity contribution is -0.114. The summed E-state index contributed by atoms with van der Waals surface area (Å²) >= 11 is 0. The van der Waals surface area contributed by atoms with Crippen molar-refractivity contribution in [3.63, 3.8) is 0 Å². The molecule has 2 rings (SSSR count). The summed E-state index contributed by atoms with van der Waals surface area (Å²) in [7, 11) is 0. The van der Waals surface area contributed by atoms with E-state index in [-0.39, 0.29) is 5.78 Å². The number of benzene rings is 1. The predicted molar refractivity (Wildman–Crippen MR) is 47.5 cm³/mol. The molecule has 1 nitrogen and oxygen atoms in total. The number of carbonyl (C=O) groups is 1. The van der Waals surface area contributed by atoms with Gasteiger partial charge in [0.1, 0.15) is 0 Å². The second-order valence-electron chi connectivity index (χ2n) is 3.02. The van der Waals surface area contributed by atoms with Crippen molar-refractivity contribution in [2.45, 2.75) is 13.3 Å². The summed E-state index contributed by atoms with van der Waals surface area (Å²) in [5.74, 6) is 0.207. The molecule has 0 N–H and O–H groups in total. The van der Waals surface area contributed by atoms with Crippen LogP contribution in [0.4, 0.5) is 0 Å². The standard InChI is InChI=1S/C11H9O/c1-8-2-4-9(5-3-8)10-6-7-11(10)12/h2-5H,7H2,1H3. The average molecular weight is 157 g/mol. The van der Waals surface area contributed by atoms with E-state index >= 15 is 0 Å². The Hall–Kier alpha value is -1.37. The molecule has 1 aliphatic rings. The SMILES string of the molecule is Cc1ccc(C2=[C]CC2=O)cc1. The second-order valence-corrected chi connectivity index (χ2v) is 3.02. The van der Waals surface area contributed by atoms with Gasteiger partial charge in [-0.2, -0.15) is 0 Å². The molecular formula is C11H9O. The van der Waals surface area contributed by atoms with Crippen molar-refractivity contribution in [3.05, 3.63) is 41.5 Å². The lowest BCUT2D eigenvalue weighted by atomic mass is 9.90. The minimum absolute atomic E-state index is 0.207. The van der Waals surface area contributed by atoms with Crippen LogP contribution in [0.5, 0.6) is 0 Å². The van der Waals surface area contributed by atoms with E-state index in [0.29, 0.717) is 6.42 Å². The van der Waals surface area contributed by atoms with Crippen LogP contribution in [0.2, 0.25) is 0 Å². The highest BCUT2D eigenvalue weighted by molar-refractivity contribution is 6.25. The number of Topliss-reactive ketones (excluding diaryl/α,β-unsaturated/α-hetero) is 1. The van der Waals surface area contributed by atoms with Crippen molar-refractivity contribution in [1.82, 2.24) is 0 Å². The van der Waals surface area contributed by atoms with E-state index < -0.39 is 0 Å². The number of allylic oxidation sites excluding steroid dienone is 2. The highest BCUT2D eigenvalue weighted by atomic mass is 16.1. The summed E-state index contributed by atoms with van der Waals surface area (Å²) in [5.41, 5.74) is 2.97. The Morgan fingerprint density at radius 3 is 2.33 bits per heavy atom. The second kappa shape index (κ2) is 2.59. The maximum absolute atomic E-state index is 11.0. The maximum Gasteiger partial charge on any atom is 0.168 e. The Morgan fingerprint density at radius 2 is 1.92 bits per heavy atom. The van der Waals surface area contributed by atoms with Gasteiger partial charge in [0, 0.05) is 12.0 Å². The molecule has 0 spiro atoms. The summed E-state index contributed by atoms with van der Waals surface area (Å²) in [6, 6.07) is 7.95. The highest BCUT2D eigenvalue weighted by Crippen LogP contribution is 2.24. The monoisotopic (exact) mass is 157 g/mol. The average Bonchev–Trinajstić information content (AvgIpc) is 2.06. The summed E-state index contributed by atoms with van der Waals surface area (Å²) in [5, 5.41) is 0. The summed E-state index contributed by atoms with van der Waals surface area (Å²) < 4.78 is 0. The van der Waals surface area contributed by atoms with Crippen LogP contribution in [0.3, 0.4) is 0 Å². The third-order valence-electron chi connectivity index (χ3n) is 2.04. The molecule has 1 aromatic rings. The molecule has 59 valence electrons. The quantitative estimate of drug-likeness (QED) is 0.610. The van der Waals surface area contributed by atoms with Crippen molar-refractivity contribution in [2.24, 2.45) is 0 Å². The van der Waals surface area contributed by atoms with Gasteiger partial charge in [-0.1, -0.05) is 29.8 Å². The van der Waals surface area contributed by atoms with E-state index in [2.05, 4.69) is 6.08 Å².